The molecule has 0 radical (unpaired) electrons. The molecular weight excluding hydrogens is 392 g/mol. The predicted molar refractivity (Wildman–Crippen MR) is 149 cm³/mol. The summed E-state index contributed by atoms with van der Waals surface area (Å²) in [5, 5.41) is 0.663. The number of unbranched alkanes of at least 4 members (excludes halogenated alkanes) is 23. The average molecular weight is 455 g/mol. The van der Waals surface area contributed by atoms with Crippen LogP contribution in [0, 0.1) is 0 Å². The Balaban J connectivity index is 3.12. The zero-order valence-corrected chi connectivity index (χ0v) is 23.0. The highest BCUT2D eigenvalue weighted by molar-refractivity contribution is 7.80. The first-order valence-electron chi connectivity index (χ1n) is 15.0. The number of hydrogen-bond donors (Lipinski definition) is 1. The van der Waals surface area contributed by atoms with Crippen molar-refractivity contribution in [2.45, 2.75) is 192 Å². The van der Waals surface area contributed by atoms with Gasteiger partial charge in [0.2, 0.25) is 0 Å². The third kappa shape index (κ3) is 28.3. The molecule has 0 aliphatic heterocycles. The lowest BCUT2D eigenvalue weighted by molar-refractivity contribution is 0.519. The smallest absolute Gasteiger partial charge is 0.00168 e. The summed E-state index contributed by atoms with van der Waals surface area (Å²) in [6.07, 6.45) is 38.9. The van der Waals surface area contributed by atoms with Crippen LogP contribution in [0.1, 0.15) is 187 Å². The molecule has 188 valence electrons. The highest BCUT2D eigenvalue weighted by Crippen LogP contribution is 2.19. The zero-order valence-electron chi connectivity index (χ0n) is 22.1. The van der Waals surface area contributed by atoms with Crippen LogP contribution in [0.25, 0.3) is 0 Å². The van der Waals surface area contributed by atoms with Gasteiger partial charge in [-0.15, -0.1) is 0 Å². The number of rotatable bonds is 27. The highest BCUT2D eigenvalue weighted by atomic mass is 32.1. The van der Waals surface area contributed by atoms with Crippen molar-refractivity contribution in [3.05, 3.63) is 0 Å². The molecule has 0 amide bonds. The van der Waals surface area contributed by atoms with Gasteiger partial charge in [0, 0.05) is 5.25 Å². The lowest BCUT2D eigenvalue weighted by atomic mass is 10.0. The lowest BCUT2D eigenvalue weighted by Crippen LogP contribution is -1.98. The maximum absolute atomic E-state index is 4.84. The summed E-state index contributed by atoms with van der Waals surface area (Å²) in [7, 11) is 0. The number of thiol groups is 1. The second-order valence-corrected chi connectivity index (χ2v) is 11.1. The Bertz CT molecular complexity index is 301. The van der Waals surface area contributed by atoms with Crippen molar-refractivity contribution in [1.82, 2.24) is 0 Å². The third-order valence-electron chi connectivity index (χ3n) is 7.03. The van der Waals surface area contributed by atoms with Crippen molar-refractivity contribution >= 4 is 12.6 Å². The Morgan fingerprint density at radius 1 is 0.323 bits per heavy atom. The molecule has 0 spiro atoms. The van der Waals surface area contributed by atoms with Gasteiger partial charge in [-0.3, -0.25) is 0 Å². The minimum absolute atomic E-state index is 0.663. The monoisotopic (exact) mass is 454 g/mol. The third-order valence-corrected chi connectivity index (χ3v) is 7.55. The molecule has 1 atom stereocenters. The summed E-state index contributed by atoms with van der Waals surface area (Å²) in [6.45, 7) is 4.60. The van der Waals surface area contributed by atoms with E-state index in [0.717, 1.165) is 0 Å². The molecule has 0 heterocycles. The quantitative estimate of drug-likeness (QED) is 0.0925. The van der Waals surface area contributed by atoms with Crippen molar-refractivity contribution in [3.63, 3.8) is 0 Å². The van der Waals surface area contributed by atoms with E-state index in [9.17, 15) is 0 Å². The van der Waals surface area contributed by atoms with E-state index >= 15 is 0 Å². The highest BCUT2D eigenvalue weighted by Gasteiger charge is 2.03. The molecule has 0 fully saturated rings. The van der Waals surface area contributed by atoms with Crippen LogP contribution >= 0.6 is 12.6 Å². The van der Waals surface area contributed by atoms with Gasteiger partial charge in [0.1, 0.15) is 0 Å². The van der Waals surface area contributed by atoms with Crippen LogP contribution in [0.4, 0.5) is 0 Å². The summed E-state index contributed by atoms with van der Waals surface area (Å²) in [6, 6.07) is 0. The zero-order chi connectivity index (χ0) is 22.7. The van der Waals surface area contributed by atoms with Gasteiger partial charge in [-0.05, 0) is 12.8 Å². The van der Waals surface area contributed by atoms with Crippen molar-refractivity contribution in [2.24, 2.45) is 0 Å². The van der Waals surface area contributed by atoms with Crippen LogP contribution in [-0.4, -0.2) is 5.25 Å². The van der Waals surface area contributed by atoms with Gasteiger partial charge in [-0.1, -0.05) is 174 Å². The maximum Gasteiger partial charge on any atom is 0.00168 e. The Kier molecular flexibility index (Phi) is 28.7. The van der Waals surface area contributed by atoms with Crippen LogP contribution in [-0.2, 0) is 0 Å². The van der Waals surface area contributed by atoms with Gasteiger partial charge in [0.25, 0.3) is 0 Å². The molecule has 0 aromatic rings. The Labute approximate surface area is 204 Å². The van der Waals surface area contributed by atoms with E-state index in [1.54, 1.807) is 0 Å². The van der Waals surface area contributed by atoms with Crippen molar-refractivity contribution in [2.75, 3.05) is 0 Å². The van der Waals surface area contributed by atoms with Crippen molar-refractivity contribution in [3.8, 4) is 0 Å². The van der Waals surface area contributed by atoms with Gasteiger partial charge < -0.3 is 0 Å². The van der Waals surface area contributed by atoms with Crippen LogP contribution in [0.5, 0.6) is 0 Å². The summed E-state index contributed by atoms with van der Waals surface area (Å²) in [5.74, 6) is 0. The minimum Gasteiger partial charge on any atom is -0.176 e. The molecule has 0 N–H and O–H groups in total. The fourth-order valence-corrected chi connectivity index (χ4v) is 5.13. The first kappa shape index (κ1) is 31.4. The van der Waals surface area contributed by atoms with E-state index < -0.39 is 0 Å². The van der Waals surface area contributed by atoms with Crippen LogP contribution < -0.4 is 0 Å². The first-order valence-corrected chi connectivity index (χ1v) is 15.5. The molecule has 0 bridgehead atoms. The Morgan fingerprint density at radius 2 is 0.516 bits per heavy atom. The van der Waals surface area contributed by atoms with Crippen LogP contribution in [0.2, 0.25) is 0 Å². The lowest BCUT2D eigenvalue weighted by Gasteiger charge is -2.10. The summed E-state index contributed by atoms with van der Waals surface area (Å²) in [5.41, 5.74) is 0. The average Bonchev–Trinajstić information content (AvgIpc) is 2.77. The van der Waals surface area contributed by atoms with Gasteiger partial charge >= 0.3 is 0 Å². The Hall–Kier alpha value is 0.350. The fourth-order valence-electron chi connectivity index (χ4n) is 4.76. The second-order valence-electron chi connectivity index (χ2n) is 10.4. The molecule has 1 heteroatoms. The van der Waals surface area contributed by atoms with Gasteiger partial charge in [-0.25, -0.2) is 0 Å². The standard InChI is InChI=1S/C30H62S/c1-3-5-7-9-11-13-15-16-17-18-19-21-23-25-27-29-30(31)28-26-24-22-20-14-12-10-8-6-4-2/h30-31H,3-29H2,1-2H3/t30-/m1/s1. The van der Waals surface area contributed by atoms with Gasteiger partial charge in [0.05, 0.1) is 0 Å². The normalized spacial score (nSPS) is 12.5. The fraction of sp³-hybridized carbons (Fsp3) is 1.00. The minimum atomic E-state index is 0.663. The number of hydrogen-bond acceptors (Lipinski definition) is 1. The molecule has 0 aromatic heterocycles. The van der Waals surface area contributed by atoms with Crippen molar-refractivity contribution < 1.29 is 0 Å². The predicted octanol–water partition coefficient (Wildman–Crippen LogP) is 11.9. The van der Waals surface area contributed by atoms with E-state index in [1.807, 2.05) is 0 Å². The topological polar surface area (TPSA) is 0 Å². The summed E-state index contributed by atoms with van der Waals surface area (Å²) >= 11 is 4.84. The molecule has 31 heavy (non-hydrogen) atoms. The van der Waals surface area contributed by atoms with Crippen LogP contribution in [0.15, 0.2) is 0 Å². The first-order chi connectivity index (χ1) is 15.3. The molecule has 0 aliphatic carbocycles. The van der Waals surface area contributed by atoms with E-state index in [4.69, 9.17) is 12.6 Å². The molecule has 0 nitrogen and oxygen atoms in total. The van der Waals surface area contributed by atoms with Gasteiger partial charge in [0.15, 0.2) is 0 Å². The molecular formula is C30H62S. The van der Waals surface area contributed by atoms with E-state index in [-0.39, 0.29) is 0 Å². The van der Waals surface area contributed by atoms with E-state index in [0.29, 0.717) is 5.25 Å². The second kappa shape index (κ2) is 28.4. The SMILES string of the molecule is CCCCCCCCCCCCCCCCC[C@H](S)CCCCCCCCCCCC. The molecule has 0 aromatic carbocycles. The summed E-state index contributed by atoms with van der Waals surface area (Å²) in [4.78, 5) is 0. The molecule has 0 rings (SSSR count). The Morgan fingerprint density at radius 3 is 0.742 bits per heavy atom. The maximum atomic E-state index is 4.84. The molecule has 0 saturated carbocycles. The molecule has 0 saturated heterocycles. The van der Waals surface area contributed by atoms with Gasteiger partial charge in [-0.2, -0.15) is 12.6 Å². The molecule has 0 unspecified atom stereocenters. The van der Waals surface area contributed by atoms with E-state index in [1.165, 1.54) is 173 Å². The van der Waals surface area contributed by atoms with Crippen molar-refractivity contribution in [1.29, 1.82) is 0 Å². The van der Waals surface area contributed by atoms with E-state index in [2.05, 4.69) is 13.8 Å². The summed E-state index contributed by atoms with van der Waals surface area (Å²) < 4.78 is 0. The molecule has 0 aliphatic rings. The largest absolute Gasteiger partial charge is 0.176 e. The van der Waals surface area contributed by atoms with Crippen LogP contribution in [0.3, 0.4) is 0 Å².